The van der Waals surface area contributed by atoms with Crippen molar-refractivity contribution >= 4 is 6.29 Å². The molecule has 1 heterocycles. The molecule has 3 rings (SSSR count). The first kappa shape index (κ1) is 8.21. The SMILES string of the molecule is O=Cc1cncn1CC1(C2CC2)CC1. The fourth-order valence-corrected chi connectivity index (χ4v) is 2.45. The molecule has 0 unspecified atom stereocenters. The molecule has 1 aromatic rings. The Balaban J connectivity index is 1.80. The van der Waals surface area contributed by atoms with Crippen LogP contribution >= 0.6 is 0 Å². The molecule has 0 bridgehead atoms. The summed E-state index contributed by atoms with van der Waals surface area (Å²) in [5, 5.41) is 0. The predicted octanol–water partition coefficient (Wildman–Crippen LogP) is 1.89. The highest BCUT2D eigenvalue weighted by Crippen LogP contribution is 2.62. The van der Waals surface area contributed by atoms with Gasteiger partial charge in [-0.2, -0.15) is 0 Å². The van der Waals surface area contributed by atoms with Crippen LogP contribution in [0.2, 0.25) is 0 Å². The van der Waals surface area contributed by atoms with E-state index in [0.717, 1.165) is 24.4 Å². The van der Waals surface area contributed by atoms with Gasteiger partial charge in [0.1, 0.15) is 5.69 Å². The molecule has 0 radical (unpaired) electrons. The van der Waals surface area contributed by atoms with Gasteiger partial charge in [0.15, 0.2) is 6.29 Å². The summed E-state index contributed by atoms with van der Waals surface area (Å²) in [5.41, 5.74) is 1.26. The molecule has 0 aromatic carbocycles. The number of carbonyl (C=O) groups is 1. The normalized spacial score (nSPS) is 23.4. The molecular weight excluding hydrogens is 176 g/mol. The summed E-state index contributed by atoms with van der Waals surface area (Å²) in [6.07, 6.45) is 9.80. The molecule has 74 valence electrons. The van der Waals surface area contributed by atoms with Crippen LogP contribution in [0.25, 0.3) is 0 Å². The minimum atomic E-state index is 0.540. The third-order valence-corrected chi connectivity index (χ3v) is 3.69. The van der Waals surface area contributed by atoms with Gasteiger partial charge in [0, 0.05) is 6.54 Å². The molecule has 2 saturated carbocycles. The van der Waals surface area contributed by atoms with Crippen LogP contribution in [0.1, 0.15) is 36.2 Å². The van der Waals surface area contributed by atoms with Gasteiger partial charge in [-0.3, -0.25) is 4.79 Å². The van der Waals surface area contributed by atoms with Gasteiger partial charge in [-0.05, 0) is 37.0 Å². The van der Waals surface area contributed by atoms with Crippen molar-refractivity contribution in [2.45, 2.75) is 32.2 Å². The number of aldehydes is 1. The first-order valence-electron chi connectivity index (χ1n) is 5.29. The molecule has 3 nitrogen and oxygen atoms in total. The third kappa shape index (κ3) is 1.19. The van der Waals surface area contributed by atoms with Crippen LogP contribution in [-0.4, -0.2) is 15.8 Å². The Bertz CT molecular complexity index is 361. The van der Waals surface area contributed by atoms with E-state index in [1.807, 2.05) is 4.57 Å². The van der Waals surface area contributed by atoms with Gasteiger partial charge < -0.3 is 4.57 Å². The Labute approximate surface area is 83.1 Å². The van der Waals surface area contributed by atoms with E-state index in [2.05, 4.69) is 4.98 Å². The van der Waals surface area contributed by atoms with Crippen LogP contribution in [0.15, 0.2) is 12.5 Å². The second kappa shape index (κ2) is 2.69. The van der Waals surface area contributed by atoms with Crippen molar-refractivity contribution in [1.29, 1.82) is 0 Å². The Morgan fingerprint density at radius 1 is 1.57 bits per heavy atom. The van der Waals surface area contributed by atoms with Gasteiger partial charge in [0.2, 0.25) is 0 Å². The number of imidazole rings is 1. The van der Waals surface area contributed by atoms with Crippen LogP contribution in [0.4, 0.5) is 0 Å². The van der Waals surface area contributed by atoms with Crippen molar-refractivity contribution in [1.82, 2.24) is 9.55 Å². The summed E-state index contributed by atoms with van der Waals surface area (Å²) in [5.74, 6) is 0.935. The van der Waals surface area contributed by atoms with Crippen molar-refractivity contribution in [3.05, 3.63) is 18.2 Å². The summed E-state index contributed by atoms with van der Waals surface area (Å²) >= 11 is 0. The van der Waals surface area contributed by atoms with Crippen LogP contribution < -0.4 is 0 Å². The van der Waals surface area contributed by atoms with Gasteiger partial charge in [0.25, 0.3) is 0 Å². The summed E-state index contributed by atoms with van der Waals surface area (Å²) in [6.45, 7) is 1.01. The van der Waals surface area contributed by atoms with E-state index in [1.165, 1.54) is 25.7 Å². The van der Waals surface area contributed by atoms with Gasteiger partial charge in [-0.1, -0.05) is 0 Å². The zero-order valence-corrected chi connectivity index (χ0v) is 8.15. The van der Waals surface area contributed by atoms with Crippen LogP contribution in [0.3, 0.4) is 0 Å². The molecule has 0 spiro atoms. The summed E-state index contributed by atoms with van der Waals surface area (Å²) in [7, 11) is 0. The highest BCUT2D eigenvalue weighted by Gasteiger charge is 2.53. The third-order valence-electron chi connectivity index (χ3n) is 3.69. The lowest BCUT2D eigenvalue weighted by Crippen LogP contribution is -2.14. The van der Waals surface area contributed by atoms with Gasteiger partial charge >= 0.3 is 0 Å². The van der Waals surface area contributed by atoms with Crippen molar-refractivity contribution in [3.63, 3.8) is 0 Å². The standard InChI is InChI=1S/C11H14N2O/c14-6-10-5-12-8-13(10)7-11(3-4-11)9-1-2-9/h5-6,8-9H,1-4,7H2. The topological polar surface area (TPSA) is 34.9 Å². The summed E-state index contributed by atoms with van der Waals surface area (Å²) < 4.78 is 2.01. The Kier molecular flexibility index (Phi) is 1.58. The molecular formula is C11H14N2O. The quantitative estimate of drug-likeness (QED) is 0.679. The lowest BCUT2D eigenvalue weighted by atomic mass is 10.0. The van der Waals surface area contributed by atoms with E-state index < -0.39 is 0 Å². The van der Waals surface area contributed by atoms with Gasteiger partial charge in [-0.25, -0.2) is 4.98 Å². The fourth-order valence-electron chi connectivity index (χ4n) is 2.45. The molecule has 2 aliphatic carbocycles. The number of aromatic nitrogens is 2. The number of nitrogens with zero attached hydrogens (tertiary/aromatic N) is 2. The Hall–Kier alpha value is -1.12. The highest BCUT2D eigenvalue weighted by atomic mass is 16.1. The van der Waals surface area contributed by atoms with Crippen molar-refractivity contribution in [2.75, 3.05) is 0 Å². The monoisotopic (exact) mass is 190 g/mol. The zero-order valence-electron chi connectivity index (χ0n) is 8.15. The average Bonchev–Trinajstić information content (AvgIpc) is 3.04. The molecule has 0 N–H and O–H groups in total. The number of hydrogen-bond donors (Lipinski definition) is 0. The summed E-state index contributed by atoms with van der Waals surface area (Å²) in [4.78, 5) is 14.7. The van der Waals surface area contributed by atoms with Gasteiger partial charge in [-0.15, -0.1) is 0 Å². The molecule has 1 aromatic heterocycles. The van der Waals surface area contributed by atoms with E-state index >= 15 is 0 Å². The lowest BCUT2D eigenvalue weighted by molar-refractivity contribution is 0.111. The van der Waals surface area contributed by atoms with E-state index in [-0.39, 0.29) is 0 Å². The Morgan fingerprint density at radius 2 is 2.36 bits per heavy atom. The predicted molar refractivity (Wildman–Crippen MR) is 52.0 cm³/mol. The molecule has 0 aliphatic heterocycles. The first-order valence-corrected chi connectivity index (χ1v) is 5.29. The average molecular weight is 190 g/mol. The van der Waals surface area contributed by atoms with E-state index in [1.54, 1.807) is 12.5 Å². The minimum absolute atomic E-state index is 0.540. The molecule has 0 saturated heterocycles. The molecule has 0 atom stereocenters. The largest absolute Gasteiger partial charge is 0.328 e. The van der Waals surface area contributed by atoms with Crippen molar-refractivity contribution in [3.8, 4) is 0 Å². The second-order valence-corrected chi connectivity index (χ2v) is 4.70. The maximum atomic E-state index is 10.7. The number of rotatable bonds is 4. The fraction of sp³-hybridized carbons (Fsp3) is 0.636. The molecule has 2 aliphatic rings. The van der Waals surface area contributed by atoms with Crippen LogP contribution in [0, 0.1) is 11.3 Å². The van der Waals surface area contributed by atoms with Crippen LogP contribution in [-0.2, 0) is 6.54 Å². The molecule has 2 fully saturated rings. The Morgan fingerprint density at radius 3 is 2.93 bits per heavy atom. The second-order valence-electron chi connectivity index (χ2n) is 4.70. The van der Waals surface area contributed by atoms with E-state index in [9.17, 15) is 4.79 Å². The van der Waals surface area contributed by atoms with Crippen molar-refractivity contribution in [2.24, 2.45) is 11.3 Å². The highest BCUT2D eigenvalue weighted by molar-refractivity contribution is 5.71. The smallest absolute Gasteiger partial charge is 0.168 e. The summed E-state index contributed by atoms with van der Waals surface area (Å²) in [6, 6.07) is 0. The minimum Gasteiger partial charge on any atom is -0.328 e. The number of hydrogen-bond acceptors (Lipinski definition) is 2. The van der Waals surface area contributed by atoms with Crippen LogP contribution in [0.5, 0.6) is 0 Å². The number of carbonyl (C=O) groups excluding carboxylic acids is 1. The zero-order chi connectivity index (χ0) is 9.60. The van der Waals surface area contributed by atoms with E-state index in [4.69, 9.17) is 0 Å². The maximum absolute atomic E-state index is 10.7. The first-order chi connectivity index (χ1) is 6.84. The van der Waals surface area contributed by atoms with Crippen molar-refractivity contribution < 1.29 is 4.79 Å². The lowest BCUT2D eigenvalue weighted by Gasteiger charge is -2.15. The molecule has 14 heavy (non-hydrogen) atoms. The van der Waals surface area contributed by atoms with Gasteiger partial charge in [0.05, 0.1) is 12.5 Å². The maximum Gasteiger partial charge on any atom is 0.168 e. The van der Waals surface area contributed by atoms with E-state index in [0.29, 0.717) is 5.41 Å². The molecule has 0 amide bonds. The molecule has 3 heteroatoms.